The number of hydrogen-bond donors (Lipinski definition) is 2. The lowest BCUT2D eigenvalue weighted by atomic mass is 9.72. The van der Waals surface area contributed by atoms with Crippen LogP contribution in [0.1, 0.15) is 120 Å². The second-order valence-electron chi connectivity index (χ2n) is 16.3. The van der Waals surface area contributed by atoms with Gasteiger partial charge in [0.1, 0.15) is 17.3 Å². The molecule has 2 heterocycles. The first-order chi connectivity index (χ1) is 28.2. The number of aromatic nitrogens is 3. The van der Waals surface area contributed by atoms with E-state index in [2.05, 4.69) is 83.6 Å². The Labute approximate surface area is 349 Å². The van der Waals surface area contributed by atoms with Crippen molar-refractivity contribution in [1.29, 1.82) is 5.26 Å². The Morgan fingerprint density at radius 1 is 1.00 bits per heavy atom. The number of hydrogen-bond acceptors (Lipinski definition) is 9. The highest BCUT2D eigenvalue weighted by Crippen LogP contribution is 2.41. The molecule has 0 saturated heterocycles. The number of unbranched alkanes of at least 4 members (excludes halogenated alkanes) is 5. The fraction of sp³-hybridized carbons (Fsp3) is 0.422. The number of carbonyl (C=O) groups excluding carboxylic acids is 1. The van der Waals surface area contributed by atoms with E-state index < -0.39 is 17.2 Å². The smallest absolute Gasteiger partial charge is 0.331 e. The molecule has 14 heteroatoms. The van der Waals surface area contributed by atoms with E-state index in [1.807, 2.05) is 19.1 Å². The topological polar surface area (TPSA) is 160 Å². The summed E-state index contributed by atoms with van der Waals surface area (Å²) in [5.41, 5.74) is 3.40. The first-order valence-corrected chi connectivity index (χ1v) is 21.1. The first-order valence-electron chi connectivity index (χ1n) is 20.0. The predicted octanol–water partition coefficient (Wildman–Crippen LogP) is 12.2. The van der Waals surface area contributed by atoms with Crippen LogP contribution in [0.2, 0.25) is 0 Å². The molecule has 1 unspecified atom stereocenters. The Kier molecular flexibility index (Phi) is 14.7. The molecule has 1 atom stereocenters. The Bertz CT molecular complexity index is 2410. The fourth-order valence-corrected chi connectivity index (χ4v) is 7.82. The third kappa shape index (κ3) is 11.4. The molecule has 5 rings (SSSR count). The molecule has 0 bridgehead atoms. The number of nitrogens with one attached hydrogen (secondary N) is 2. The standard InChI is InChI=1S/C45H54N8O5S/c1-10-12-13-14-15-16-24-57-36-23-21-33(45(7,8)29-44(4,5)6)27-37(36)58-59(55)52-34-19-17-18-31(26-34)40-48-41-38(43(54)56-11-2)39(47-9)42(53(41)51-40)50-49-35-22-20-30(3)25-32(35)28-46/h17-23,25-27,52H,10-16,24,29H2,1-8H3,(H,48,51). The van der Waals surface area contributed by atoms with E-state index in [0.717, 1.165) is 30.4 Å². The average Bonchev–Trinajstić information content (AvgIpc) is 3.74. The molecule has 59 heavy (non-hydrogen) atoms. The lowest BCUT2D eigenvalue weighted by molar-refractivity contribution is 0.0529. The number of esters is 1. The number of nitrogens with zero attached hydrogens (tertiary/aromatic N) is 6. The van der Waals surface area contributed by atoms with Crippen LogP contribution in [-0.2, 0) is 21.4 Å². The second-order valence-corrected chi connectivity index (χ2v) is 17.2. The van der Waals surface area contributed by atoms with Gasteiger partial charge in [-0.15, -0.1) is 10.2 Å². The summed E-state index contributed by atoms with van der Waals surface area (Å²) in [7, 11) is 0. The van der Waals surface area contributed by atoms with Crippen LogP contribution in [0.25, 0.3) is 21.9 Å². The van der Waals surface area contributed by atoms with Gasteiger partial charge in [0.25, 0.3) is 5.69 Å². The molecule has 0 saturated carbocycles. The van der Waals surface area contributed by atoms with Crippen LogP contribution < -0.4 is 13.6 Å². The Morgan fingerprint density at radius 2 is 1.76 bits per heavy atom. The summed E-state index contributed by atoms with van der Waals surface area (Å²) in [6.45, 7) is 25.3. The molecule has 0 aliphatic rings. The molecule has 310 valence electrons. The van der Waals surface area contributed by atoms with Crippen molar-refractivity contribution in [2.75, 3.05) is 17.9 Å². The lowest BCUT2D eigenvalue weighted by Crippen LogP contribution is -2.25. The van der Waals surface area contributed by atoms with Gasteiger partial charge in [-0.05, 0) is 85.0 Å². The van der Waals surface area contributed by atoms with Crippen molar-refractivity contribution in [3.8, 4) is 29.0 Å². The Hall–Kier alpha value is -5.99. The number of rotatable bonds is 19. The molecule has 2 aromatic heterocycles. The minimum absolute atomic E-state index is 0.00692. The first kappa shape index (κ1) is 44.1. The van der Waals surface area contributed by atoms with Crippen LogP contribution in [-0.4, -0.2) is 38.0 Å². The van der Waals surface area contributed by atoms with Gasteiger partial charge in [0.05, 0.1) is 31.0 Å². The van der Waals surface area contributed by atoms with Crippen molar-refractivity contribution in [2.45, 2.75) is 106 Å². The van der Waals surface area contributed by atoms with Crippen LogP contribution in [0.15, 0.2) is 70.9 Å². The maximum Gasteiger partial charge on any atom is 0.331 e. The second kappa shape index (κ2) is 19.6. The fourth-order valence-electron chi connectivity index (χ4n) is 7.16. The maximum absolute atomic E-state index is 13.7. The van der Waals surface area contributed by atoms with E-state index in [1.165, 1.54) is 30.2 Å². The lowest BCUT2D eigenvalue weighted by Gasteiger charge is -2.33. The van der Waals surface area contributed by atoms with Crippen molar-refractivity contribution < 1.29 is 22.7 Å². The molecule has 13 nitrogen and oxygen atoms in total. The van der Waals surface area contributed by atoms with Crippen molar-refractivity contribution in [3.63, 3.8) is 0 Å². The van der Waals surface area contributed by atoms with Gasteiger partial charge in [-0.3, -0.25) is 9.82 Å². The molecule has 0 aliphatic carbocycles. The van der Waals surface area contributed by atoms with Crippen LogP contribution in [0.5, 0.6) is 11.5 Å². The summed E-state index contributed by atoms with van der Waals surface area (Å²) >= 11 is -2.03. The van der Waals surface area contributed by atoms with Crippen LogP contribution in [0, 0.1) is 30.2 Å². The zero-order chi connectivity index (χ0) is 42.7. The summed E-state index contributed by atoms with van der Waals surface area (Å²) in [5, 5.41) is 21.4. The normalized spacial score (nSPS) is 12.3. The van der Waals surface area contributed by atoms with Crippen molar-refractivity contribution in [3.05, 3.63) is 94.3 Å². The molecule has 0 radical (unpaired) electrons. The number of fused-ring (bicyclic) bond motifs is 1. The van der Waals surface area contributed by atoms with Gasteiger partial charge in [0, 0.05) is 5.56 Å². The van der Waals surface area contributed by atoms with Gasteiger partial charge in [-0.1, -0.05) is 97.9 Å². The quantitative estimate of drug-likeness (QED) is 0.0363. The highest BCUT2D eigenvalue weighted by Gasteiger charge is 2.30. The maximum atomic E-state index is 13.7. The van der Waals surface area contributed by atoms with Crippen LogP contribution >= 0.6 is 0 Å². The number of nitriles is 1. The number of aromatic amines is 1. The molecule has 0 spiro atoms. The number of azo groups is 1. The number of ether oxygens (including phenoxy) is 2. The highest BCUT2D eigenvalue weighted by molar-refractivity contribution is 7.82. The largest absolute Gasteiger partial charge is 0.490 e. The van der Waals surface area contributed by atoms with E-state index in [9.17, 15) is 14.3 Å². The van der Waals surface area contributed by atoms with Gasteiger partial charge >= 0.3 is 17.2 Å². The monoisotopic (exact) mass is 818 g/mol. The minimum Gasteiger partial charge on any atom is -0.490 e. The number of anilines is 1. The molecular formula is C45H54N8O5S. The third-order valence-corrected chi connectivity index (χ3v) is 10.3. The third-order valence-electron chi connectivity index (χ3n) is 9.60. The number of H-pyrrole nitrogens is 1. The highest BCUT2D eigenvalue weighted by atomic mass is 32.2. The van der Waals surface area contributed by atoms with Crippen molar-refractivity contribution in [1.82, 2.24) is 14.6 Å². The van der Waals surface area contributed by atoms with Crippen LogP contribution in [0.3, 0.4) is 0 Å². The van der Waals surface area contributed by atoms with E-state index in [-0.39, 0.29) is 40.2 Å². The Morgan fingerprint density at radius 3 is 2.47 bits per heavy atom. The molecule has 2 N–H and O–H groups in total. The molecular weight excluding hydrogens is 765 g/mol. The summed E-state index contributed by atoms with van der Waals surface area (Å²) in [5.74, 6) is 0.496. The summed E-state index contributed by atoms with van der Waals surface area (Å²) in [4.78, 5) is 21.5. The summed E-state index contributed by atoms with van der Waals surface area (Å²) in [6.07, 6.45) is 7.73. The number of aryl methyl sites for hydroxylation is 1. The molecule has 0 amide bonds. The molecule has 0 aliphatic heterocycles. The number of carbonyl (C=O) groups is 1. The molecule has 3 aromatic carbocycles. The van der Waals surface area contributed by atoms with Gasteiger partial charge < -0.3 is 13.7 Å². The van der Waals surface area contributed by atoms with Gasteiger partial charge in [-0.25, -0.2) is 19.1 Å². The summed E-state index contributed by atoms with van der Waals surface area (Å²) in [6, 6.07) is 20.2. The van der Waals surface area contributed by atoms with Gasteiger partial charge in [0.2, 0.25) is 0 Å². The van der Waals surface area contributed by atoms with E-state index in [4.69, 9.17) is 20.2 Å². The van der Waals surface area contributed by atoms with E-state index >= 15 is 0 Å². The molecule has 0 fully saturated rings. The van der Waals surface area contributed by atoms with E-state index in [1.54, 1.807) is 49.4 Å². The minimum atomic E-state index is -2.03. The zero-order valence-electron chi connectivity index (χ0n) is 35.3. The summed E-state index contributed by atoms with van der Waals surface area (Å²) < 4.78 is 35.6. The average molecular weight is 819 g/mol. The Balaban J connectivity index is 1.43. The van der Waals surface area contributed by atoms with E-state index in [0.29, 0.717) is 46.4 Å². The predicted molar refractivity (Wildman–Crippen MR) is 232 cm³/mol. The van der Waals surface area contributed by atoms with Crippen LogP contribution in [0.4, 0.5) is 22.9 Å². The van der Waals surface area contributed by atoms with Gasteiger partial charge in [-0.2, -0.15) is 9.47 Å². The molecule has 5 aromatic rings. The van der Waals surface area contributed by atoms with Crippen molar-refractivity contribution >= 4 is 45.8 Å². The zero-order valence-corrected chi connectivity index (χ0v) is 36.1. The van der Waals surface area contributed by atoms with Gasteiger partial charge in [0.15, 0.2) is 28.8 Å². The van der Waals surface area contributed by atoms with Crippen molar-refractivity contribution in [2.24, 2.45) is 15.6 Å². The SMILES string of the molecule is [C-]#[N+]c1c(C(=O)OCC)c2nc(-c3cccc(NS(=O)Oc4cc(C(C)(C)CC(C)(C)C)ccc4OCCCCCCCC)c3)[nH]n2c1N=Nc1ccc(C)cc1C#N. The number of benzene rings is 3.